The highest BCUT2D eigenvalue weighted by atomic mass is 16.3. The molecular formula is C14H21NO2. The average molecular weight is 235 g/mol. The Kier molecular flexibility index (Phi) is 3.67. The maximum Gasteiger partial charge on any atom is 0.256 e. The maximum atomic E-state index is 12.3. The van der Waals surface area contributed by atoms with Gasteiger partial charge in [-0.05, 0) is 38.3 Å². The molecule has 0 spiro atoms. The molecule has 2 rings (SSSR count). The zero-order valence-corrected chi connectivity index (χ0v) is 10.7. The summed E-state index contributed by atoms with van der Waals surface area (Å²) in [5.74, 6) is 0. The number of aliphatic hydroxyl groups excluding tert-OH is 1. The van der Waals surface area contributed by atoms with Crippen LogP contribution < -0.4 is 5.56 Å². The van der Waals surface area contributed by atoms with Gasteiger partial charge in [0.1, 0.15) is 0 Å². The second-order valence-corrected chi connectivity index (χ2v) is 5.07. The van der Waals surface area contributed by atoms with Gasteiger partial charge in [0.25, 0.3) is 5.56 Å². The minimum Gasteiger partial charge on any atom is -0.391 e. The van der Waals surface area contributed by atoms with Crippen molar-refractivity contribution >= 4 is 0 Å². The third kappa shape index (κ3) is 2.29. The molecule has 1 N–H and O–H groups in total. The van der Waals surface area contributed by atoms with E-state index in [4.69, 9.17) is 0 Å². The van der Waals surface area contributed by atoms with Gasteiger partial charge in [-0.25, -0.2) is 0 Å². The van der Waals surface area contributed by atoms with Gasteiger partial charge in [-0.1, -0.05) is 19.3 Å². The fourth-order valence-electron chi connectivity index (χ4n) is 2.93. The van der Waals surface area contributed by atoms with Gasteiger partial charge < -0.3 is 9.67 Å². The topological polar surface area (TPSA) is 42.2 Å². The maximum absolute atomic E-state index is 12.3. The molecule has 0 radical (unpaired) electrons. The van der Waals surface area contributed by atoms with Crippen molar-refractivity contribution in [1.82, 2.24) is 4.57 Å². The van der Waals surface area contributed by atoms with E-state index in [9.17, 15) is 9.90 Å². The molecule has 1 heterocycles. The van der Waals surface area contributed by atoms with Crippen LogP contribution in [-0.4, -0.2) is 9.67 Å². The van der Waals surface area contributed by atoms with Gasteiger partial charge in [0.05, 0.1) is 6.61 Å². The second-order valence-electron chi connectivity index (χ2n) is 5.07. The summed E-state index contributed by atoms with van der Waals surface area (Å²) in [7, 11) is 0. The summed E-state index contributed by atoms with van der Waals surface area (Å²) in [6, 6.07) is 2.35. The Morgan fingerprint density at radius 2 is 1.94 bits per heavy atom. The molecule has 1 aromatic heterocycles. The zero-order valence-electron chi connectivity index (χ0n) is 10.7. The summed E-state index contributed by atoms with van der Waals surface area (Å²) in [5.41, 5.74) is 2.50. The molecule has 3 heteroatoms. The van der Waals surface area contributed by atoms with E-state index in [1.165, 1.54) is 19.3 Å². The predicted molar refractivity (Wildman–Crippen MR) is 68.2 cm³/mol. The Bertz CT molecular complexity index is 456. The predicted octanol–water partition coefficient (Wildman–Crippen LogP) is 2.46. The number of hydrogen-bond acceptors (Lipinski definition) is 2. The van der Waals surface area contributed by atoms with Crippen LogP contribution in [0.25, 0.3) is 0 Å². The average Bonchev–Trinajstić information content (AvgIpc) is 2.30. The third-order valence-corrected chi connectivity index (χ3v) is 3.86. The van der Waals surface area contributed by atoms with Crippen LogP contribution in [0, 0.1) is 13.8 Å². The van der Waals surface area contributed by atoms with Crippen LogP contribution in [0.1, 0.15) is 55.0 Å². The summed E-state index contributed by atoms with van der Waals surface area (Å²) >= 11 is 0. The van der Waals surface area contributed by atoms with Gasteiger partial charge in [-0.15, -0.1) is 0 Å². The van der Waals surface area contributed by atoms with Crippen LogP contribution in [0.5, 0.6) is 0 Å². The minimum absolute atomic E-state index is 0.0110. The molecule has 0 aliphatic heterocycles. The van der Waals surface area contributed by atoms with Gasteiger partial charge in [-0.2, -0.15) is 0 Å². The lowest BCUT2D eigenvalue weighted by molar-refractivity contribution is 0.274. The Labute approximate surface area is 102 Å². The number of aryl methyl sites for hydroxylation is 2. The van der Waals surface area contributed by atoms with Crippen LogP contribution in [-0.2, 0) is 6.61 Å². The van der Waals surface area contributed by atoms with Crippen LogP contribution >= 0.6 is 0 Å². The fraction of sp³-hybridized carbons (Fsp3) is 0.643. The van der Waals surface area contributed by atoms with E-state index in [0.29, 0.717) is 11.6 Å². The molecule has 0 atom stereocenters. The van der Waals surface area contributed by atoms with E-state index in [2.05, 4.69) is 0 Å². The highest BCUT2D eigenvalue weighted by Gasteiger charge is 2.19. The van der Waals surface area contributed by atoms with Gasteiger partial charge in [-0.3, -0.25) is 4.79 Å². The van der Waals surface area contributed by atoms with Gasteiger partial charge in [0, 0.05) is 17.3 Å². The molecule has 0 aromatic carbocycles. The largest absolute Gasteiger partial charge is 0.391 e. The first-order valence-corrected chi connectivity index (χ1v) is 6.47. The third-order valence-electron chi connectivity index (χ3n) is 3.86. The molecule has 0 saturated heterocycles. The summed E-state index contributed by atoms with van der Waals surface area (Å²) in [6.45, 7) is 3.73. The normalized spacial score (nSPS) is 17.4. The van der Waals surface area contributed by atoms with Gasteiger partial charge in [0.15, 0.2) is 0 Å². The standard InChI is InChI=1S/C14H21NO2/c1-10-8-11(2)15(14(17)13(10)9-16)12-6-4-3-5-7-12/h8,12,16H,3-7,9H2,1-2H3. The molecule has 1 aromatic rings. The van der Waals surface area contributed by atoms with E-state index in [-0.39, 0.29) is 12.2 Å². The fourth-order valence-corrected chi connectivity index (χ4v) is 2.93. The summed E-state index contributed by atoms with van der Waals surface area (Å²) in [6.07, 6.45) is 5.88. The van der Waals surface area contributed by atoms with Crippen LogP contribution in [0.3, 0.4) is 0 Å². The van der Waals surface area contributed by atoms with Crippen LogP contribution in [0.2, 0.25) is 0 Å². The minimum atomic E-state index is -0.155. The van der Waals surface area contributed by atoms with E-state index >= 15 is 0 Å². The monoisotopic (exact) mass is 235 g/mol. The number of pyridine rings is 1. The van der Waals surface area contributed by atoms with Crippen molar-refractivity contribution in [2.75, 3.05) is 0 Å². The molecule has 17 heavy (non-hydrogen) atoms. The summed E-state index contributed by atoms with van der Waals surface area (Å²) < 4.78 is 1.90. The second kappa shape index (κ2) is 5.05. The van der Waals surface area contributed by atoms with Crippen molar-refractivity contribution in [3.05, 3.63) is 33.2 Å². The first kappa shape index (κ1) is 12.4. The molecule has 3 nitrogen and oxygen atoms in total. The highest BCUT2D eigenvalue weighted by Crippen LogP contribution is 2.28. The molecule has 1 aliphatic rings. The van der Waals surface area contributed by atoms with E-state index in [0.717, 1.165) is 24.1 Å². The first-order valence-electron chi connectivity index (χ1n) is 6.47. The van der Waals surface area contributed by atoms with Crippen molar-refractivity contribution in [2.24, 2.45) is 0 Å². The molecule has 94 valence electrons. The van der Waals surface area contributed by atoms with E-state index in [1.807, 2.05) is 24.5 Å². The Morgan fingerprint density at radius 1 is 1.29 bits per heavy atom. The van der Waals surface area contributed by atoms with Gasteiger partial charge >= 0.3 is 0 Å². The van der Waals surface area contributed by atoms with E-state index < -0.39 is 0 Å². The Hall–Kier alpha value is -1.09. The van der Waals surface area contributed by atoms with Crippen molar-refractivity contribution in [3.63, 3.8) is 0 Å². The van der Waals surface area contributed by atoms with Crippen molar-refractivity contribution in [1.29, 1.82) is 0 Å². The number of aliphatic hydroxyl groups is 1. The quantitative estimate of drug-likeness (QED) is 0.855. The summed E-state index contributed by atoms with van der Waals surface area (Å²) in [5, 5.41) is 9.30. The molecule has 1 aliphatic carbocycles. The molecule has 1 saturated carbocycles. The first-order chi connectivity index (χ1) is 8.15. The van der Waals surface area contributed by atoms with Crippen molar-refractivity contribution < 1.29 is 5.11 Å². The highest BCUT2D eigenvalue weighted by molar-refractivity contribution is 5.26. The molecule has 0 amide bonds. The number of aromatic nitrogens is 1. The Morgan fingerprint density at radius 3 is 2.53 bits per heavy atom. The molecule has 0 unspecified atom stereocenters. The summed E-state index contributed by atoms with van der Waals surface area (Å²) in [4.78, 5) is 12.3. The smallest absolute Gasteiger partial charge is 0.256 e. The molecular weight excluding hydrogens is 214 g/mol. The van der Waals surface area contributed by atoms with E-state index in [1.54, 1.807) is 0 Å². The van der Waals surface area contributed by atoms with Gasteiger partial charge in [0.2, 0.25) is 0 Å². The van der Waals surface area contributed by atoms with Crippen LogP contribution in [0.4, 0.5) is 0 Å². The lowest BCUT2D eigenvalue weighted by Crippen LogP contribution is -2.31. The van der Waals surface area contributed by atoms with Crippen LogP contribution in [0.15, 0.2) is 10.9 Å². The molecule has 1 fully saturated rings. The lowest BCUT2D eigenvalue weighted by atomic mass is 9.94. The number of hydrogen-bond donors (Lipinski definition) is 1. The lowest BCUT2D eigenvalue weighted by Gasteiger charge is -2.26. The number of rotatable bonds is 2. The SMILES string of the molecule is Cc1cc(C)n(C2CCCCC2)c(=O)c1CO. The zero-order chi connectivity index (χ0) is 12.4. The van der Waals surface area contributed by atoms with Crippen molar-refractivity contribution in [2.45, 2.75) is 58.6 Å². The Balaban J connectivity index is 2.48. The van der Waals surface area contributed by atoms with Crippen molar-refractivity contribution in [3.8, 4) is 0 Å². The number of nitrogens with zero attached hydrogens (tertiary/aromatic N) is 1. The molecule has 0 bridgehead atoms.